The number of nitrogens with one attached hydrogen (secondary N) is 1. The lowest BCUT2D eigenvalue weighted by Crippen LogP contribution is -2.01. The summed E-state index contributed by atoms with van der Waals surface area (Å²) in [7, 11) is 0. The van der Waals surface area contributed by atoms with Crippen molar-refractivity contribution in [1.82, 2.24) is 4.98 Å². The molecule has 94 valence electrons. The molecule has 1 heterocycles. The Morgan fingerprint density at radius 2 is 1.90 bits per heavy atom. The predicted molar refractivity (Wildman–Crippen MR) is 74.2 cm³/mol. The molecule has 1 aromatic heterocycles. The van der Waals surface area contributed by atoms with Crippen molar-refractivity contribution in [3.63, 3.8) is 0 Å². The van der Waals surface area contributed by atoms with Gasteiger partial charge in [0.25, 0.3) is 0 Å². The topological polar surface area (TPSA) is 96.3 Å². The molecule has 2 rings (SSSR count). The van der Waals surface area contributed by atoms with Crippen LogP contribution < -0.4 is 5.32 Å². The van der Waals surface area contributed by atoms with Gasteiger partial charge in [0.05, 0.1) is 16.2 Å². The Kier molecular flexibility index (Phi) is 3.82. The summed E-state index contributed by atoms with van der Waals surface area (Å²) in [4.78, 5) is 4.19. The van der Waals surface area contributed by atoms with Crippen molar-refractivity contribution in [2.75, 3.05) is 5.32 Å². The van der Waals surface area contributed by atoms with Crippen LogP contribution in [0.4, 0.5) is 5.69 Å². The van der Waals surface area contributed by atoms with Crippen LogP contribution in [0.15, 0.2) is 41.7 Å². The quantitative estimate of drug-likeness (QED) is 0.852. The third kappa shape index (κ3) is 2.52. The van der Waals surface area contributed by atoms with Gasteiger partial charge in [0, 0.05) is 11.6 Å². The molecule has 2 aromatic rings. The van der Waals surface area contributed by atoms with Crippen LogP contribution in [-0.2, 0) is 0 Å². The van der Waals surface area contributed by atoms with Crippen LogP contribution in [0, 0.1) is 34.0 Å². The van der Waals surface area contributed by atoms with Gasteiger partial charge in [-0.25, -0.2) is 0 Å². The normalized spacial score (nSPS) is 9.10. The minimum Gasteiger partial charge on any atom is -0.343 e. The molecule has 6 heteroatoms. The number of allylic oxidation sites excluding steroid dienone is 2. The Balaban J connectivity index is 2.56. The van der Waals surface area contributed by atoms with Gasteiger partial charge in [-0.15, -0.1) is 0 Å². The standard InChI is InChI=1S/C14H6ClN5/c15-11-4-9-2-1-3-12(14(9)19-8-11)20-13(7-18)10(5-16)6-17/h1-4,8,20H. The van der Waals surface area contributed by atoms with Gasteiger partial charge in [0.15, 0.2) is 5.57 Å². The van der Waals surface area contributed by atoms with Crippen molar-refractivity contribution >= 4 is 28.2 Å². The number of nitriles is 3. The summed E-state index contributed by atoms with van der Waals surface area (Å²) in [6, 6.07) is 12.2. The molecule has 0 bridgehead atoms. The zero-order valence-corrected chi connectivity index (χ0v) is 10.8. The number of aromatic nitrogens is 1. The fourth-order valence-electron chi connectivity index (χ4n) is 1.65. The summed E-state index contributed by atoms with van der Waals surface area (Å²) in [6.45, 7) is 0. The lowest BCUT2D eigenvalue weighted by molar-refractivity contribution is 1.36. The maximum absolute atomic E-state index is 9.02. The second-order valence-electron chi connectivity index (χ2n) is 3.74. The first-order valence-electron chi connectivity index (χ1n) is 5.45. The molecule has 0 atom stereocenters. The molecule has 0 fully saturated rings. The van der Waals surface area contributed by atoms with Crippen molar-refractivity contribution in [3.05, 3.63) is 46.8 Å². The van der Waals surface area contributed by atoms with Gasteiger partial charge in [-0.1, -0.05) is 23.7 Å². The van der Waals surface area contributed by atoms with E-state index in [-0.39, 0.29) is 11.3 Å². The molecular formula is C14H6ClN5. The van der Waals surface area contributed by atoms with Gasteiger partial charge in [-0.3, -0.25) is 4.98 Å². The highest BCUT2D eigenvalue weighted by atomic mass is 35.5. The fourth-order valence-corrected chi connectivity index (χ4v) is 1.82. The van der Waals surface area contributed by atoms with Crippen LogP contribution in [0.2, 0.25) is 5.02 Å². The number of hydrogen-bond acceptors (Lipinski definition) is 5. The number of hydrogen-bond donors (Lipinski definition) is 1. The molecule has 0 aliphatic rings. The van der Waals surface area contributed by atoms with Crippen LogP contribution >= 0.6 is 11.6 Å². The van der Waals surface area contributed by atoms with Gasteiger partial charge in [0.2, 0.25) is 0 Å². The molecule has 0 unspecified atom stereocenters. The third-order valence-electron chi connectivity index (χ3n) is 2.52. The lowest BCUT2D eigenvalue weighted by atomic mass is 10.1. The number of fused-ring (bicyclic) bond motifs is 1. The highest BCUT2D eigenvalue weighted by Crippen LogP contribution is 2.25. The number of anilines is 1. The van der Waals surface area contributed by atoms with Crippen LogP contribution in [0.3, 0.4) is 0 Å². The number of benzene rings is 1. The minimum atomic E-state index is -0.279. The van der Waals surface area contributed by atoms with E-state index in [0.29, 0.717) is 16.2 Å². The monoisotopic (exact) mass is 279 g/mol. The summed E-state index contributed by atoms with van der Waals surface area (Å²) < 4.78 is 0. The van der Waals surface area contributed by atoms with Crippen molar-refractivity contribution in [2.45, 2.75) is 0 Å². The average molecular weight is 280 g/mol. The van der Waals surface area contributed by atoms with E-state index in [1.807, 2.05) is 6.07 Å². The predicted octanol–water partition coefficient (Wildman–Crippen LogP) is 3.12. The summed E-state index contributed by atoms with van der Waals surface area (Å²) in [5, 5.41) is 30.7. The molecular weight excluding hydrogens is 274 g/mol. The second kappa shape index (κ2) is 5.71. The molecule has 0 saturated carbocycles. The van der Waals surface area contributed by atoms with E-state index in [9.17, 15) is 0 Å². The number of pyridine rings is 1. The molecule has 1 aromatic carbocycles. The lowest BCUT2D eigenvalue weighted by Gasteiger charge is -2.07. The van der Waals surface area contributed by atoms with Crippen molar-refractivity contribution in [2.24, 2.45) is 0 Å². The average Bonchev–Trinajstić information content (AvgIpc) is 2.47. The summed E-state index contributed by atoms with van der Waals surface area (Å²) in [6.07, 6.45) is 1.49. The van der Waals surface area contributed by atoms with Crippen LogP contribution in [-0.4, -0.2) is 4.98 Å². The second-order valence-corrected chi connectivity index (χ2v) is 4.18. The largest absolute Gasteiger partial charge is 0.343 e. The smallest absolute Gasteiger partial charge is 0.163 e. The van der Waals surface area contributed by atoms with E-state index in [0.717, 1.165) is 5.39 Å². The SMILES string of the molecule is N#CC(C#N)=C(C#N)Nc1cccc2cc(Cl)cnc12. The number of halogens is 1. The molecule has 20 heavy (non-hydrogen) atoms. The summed E-state index contributed by atoms with van der Waals surface area (Å²) in [5.74, 6) is 0. The minimum absolute atomic E-state index is 0.112. The Labute approximate surface area is 119 Å². The van der Waals surface area contributed by atoms with E-state index < -0.39 is 0 Å². The van der Waals surface area contributed by atoms with E-state index in [2.05, 4.69) is 10.3 Å². The number of para-hydroxylation sites is 1. The van der Waals surface area contributed by atoms with E-state index >= 15 is 0 Å². The van der Waals surface area contributed by atoms with Gasteiger partial charge >= 0.3 is 0 Å². The highest BCUT2D eigenvalue weighted by molar-refractivity contribution is 6.31. The fraction of sp³-hybridized carbons (Fsp3) is 0. The molecule has 0 aliphatic carbocycles. The Bertz CT molecular complexity index is 817. The van der Waals surface area contributed by atoms with Gasteiger partial charge in [0.1, 0.15) is 23.9 Å². The van der Waals surface area contributed by atoms with E-state index in [1.54, 1.807) is 36.4 Å². The van der Waals surface area contributed by atoms with Crippen LogP contribution in [0.25, 0.3) is 10.9 Å². The van der Waals surface area contributed by atoms with Crippen LogP contribution in [0.1, 0.15) is 0 Å². The first-order chi connectivity index (χ1) is 9.69. The molecule has 0 aliphatic heterocycles. The molecule has 0 spiro atoms. The van der Waals surface area contributed by atoms with E-state index in [4.69, 9.17) is 27.4 Å². The van der Waals surface area contributed by atoms with Crippen molar-refractivity contribution in [3.8, 4) is 18.2 Å². The Hall–Kier alpha value is -3.07. The summed E-state index contributed by atoms with van der Waals surface area (Å²) in [5.41, 5.74) is 0.733. The first-order valence-corrected chi connectivity index (χ1v) is 5.83. The van der Waals surface area contributed by atoms with Crippen molar-refractivity contribution in [1.29, 1.82) is 15.8 Å². The maximum Gasteiger partial charge on any atom is 0.163 e. The highest BCUT2D eigenvalue weighted by Gasteiger charge is 2.09. The van der Waals surface area contributed by atoms with Crippen molar-refractivity contribution < 1.29 is 0 Å². The maximum atomic E-state index is 9.02. The Morgan fingerprint density at radius 3 is 2.55 bits per heavy atom. The number of nitrogens with zero attached hydrogens (tertiary/aromatic N) is 4. The number of rotatable bonds is 2. The molecule has 5 nitrogen and oxygen atoms in total. The molecule has 0 saturated heterocycles. The van der Waals surface area contributed by atoms with Gasteiger partial charge in [-0.05, 0) is 12.1 Å². The third-order valence-corrected chi connectivity index (χ3v) is 2.73. The van der Waals surface area contributed by atoms with Gasteiger partial charge < -0.3 is 5.32 Å². The van der Waals surface area contributed by atoms with Gasteiger partial charge in [-0.2, -0.15) is 15.8 Å². The van der Waals surface area contributed by atoms with Crippen LogP contribution in [0.5, 0.6) is 0 Å². The van der Waals surface area contributed by atoms with E-state index in [1.165, 1.54) is 6.20 Å². The Morgan fingerprint density at radius 1 is 1.15 bits per heavy atom. The molecule has 0 amide bonds. The first kappa shape index (κ1) is 13.4. The zero-order chi connectivity index (χ0) is 14.5. The zero-order valence-electron chi connectivity index (χ0n) is 10.1. The molecule has 0 radical (unpaired) electrons. The summed E-state index contributed by atoms with van der Waals surface area (Å²) >= 11 is 5.87. The molecule has 1 N–H and O–H groups in total.